The van der Waals surface area contributed by atoms with E-state index in [1.807, 2.05) is 0 Å². The van der Waals surface area contributed by atoms with Crippen LogP contribution in [0.1, 0.15) is 0 Å². The predicted molar refractivity (Wildman–Crippen MR) is 47.6 cm³/mol. The third-order valence-corrected chi connectivity index (χ3v) is 2.12. The summed E-state index contributed by atoms with van der Waals surface area (Å²) < 4.78 is 5.06. The Morgan fingerprint density at radius 3 is 2.83 bits per heavy atom. The minimum Gasteiger partial charge on any atom is -0.480 e. The number of ether oxygens (including phenoxy) is 1. The minimum absolute atomic E-state index is 0.125. The number of likely N-dealkylation sites (tertiary alicyclic amines) is 1. The van der Waals surface area contributed by atoms with Crippen LogP contribution in [0.15, 0.2) is 0 Å². The summed E-state index contributed by atoms with van der Waals surface area (Å²) in [5.74, 6) is -0.894. The van der Waals surface area contributed by atoms with E-state index in [-0.39, 0.29) is 12.7 Å². The van der Waals surface area contributed by atoms with Crippen LogP contribution in [0.5, 0.6) is 0 Å². The summed E-state index contributed by atoms with van der Waals surface area (Å²) >= 11 is 3.33. The van der Waals surface area contributed by atoms with E-state index in [4.69, 9.17) is 9.84 Å². The molecule has 0 unspecified atom stereocenters. The molecule has 1 aliphatic heterocycles. The fourth-order valence-electron chi connectivity index (χ4n) is 1.12. The first-order chi connectivity index (χ1) is 5.72. The third-order valence-electron chi connectivity index (χ3n) is 1.77. The molecule has 1 heterocycles. The lowest BCUT2D eigenvalue weighted by molar-refractivity contribution is -0.148. The summed E-state index contributed by atoms with van der Waals surface area (Å²) in [7, 11) is 0. The zero-order valence-corrected chi connectivity index (χ0v) is 8.29. The van der Waals surface area contributed by atoms with Gasteiger partial charge in [-0.15, -0.1) is 0 Å². The highest BCUT2D eigenvalue weighted by Crippen LogP contribution is 2.10. The number of carboxylic acid groups (broad SMARTS) is 1. The van der Waals surface area contributed by atoms with E-state index in [9.17, 15) is 4.79 Å². The monoisotopic (exact) mass is 237 g/mol. The maximum Gasteiger partial charge on any atom is 0.329 e. The van der Waals surface area contributed by atoms with Gasteiger partial charge in [0.05, 0.1) is 6.10 Å². The van der Waals surface area contributed by atoms with Crippen molar-refractivity contribution in [1.82, 2.24) is 4.90 Å². The molecule has 0 aliphatic carbocycles. The van der Waals surface area contributed by atoms with E-state index in [0.717, 1.165) is 25.0 Å². The molecule has 1 fully saturated rings. The van der Waals surface area contributed by atoms with Gasteiger partial charge in [-0.1, -0.05) is 15.9 Å². The van der Waals surface area contributed by atoms with Crippen molar-refractivity contribution >= 4 is 21.9 Å². The normalized spacial score (nSPS) is 19.1. The Labute approximate surface area is 79.6 Å². The van der Waals surface area contributed by atoms with Gasteiger partial charge in [0, 0.05) is 25.0 Å². The first-order valence-electron chi connectivity index (χ1n) is 3.84. The van der Waals surface area contributed by atoms with E-state index in [1.54, 1.807) is 0 Å². The van der Waals surface area contributed by atoms with Crippen LogP contribution in [0.3, 0.4) is 0 Å². The predicted octanol–water partition coefficient (Wildman–Crippen LogP) is 0.167. The lowest BCUT2D eigenvalue weighted by atomic mass is 10.2. The molecule has 0 saturated carbocycles. The van der Waals surface area contributed by atoms with E-state index in [0.29, 0.717) is 0 Å². The summed E-state index contributed by atoms with van der Waals surface area (Å²) in [5, 5.41) is 9.26. The molecule has 1 rings (SSSR count). The lowest BCUT2D eigenvalue weighted by Crippen LogP contribution is -2.53. The van der Waals surface area contributed by atoms with Crippen LogP contribution in [0.2, 0.25) is 0 Å². The largest absolute Gasteiger partial charge is 0.480 e. The van der Waals surface area contributed by atoms with Gasteiger partial charge in [-0.25, -0.2) is 4.79 Å². The third kappa shape index (κ3) is 3.08. The number of carbonyl (C=O) groups is 1. The van der Waals surface area contributed by atoms with E-state index in [1.165, 1.54) is 0 Å². The molecule has 0 spiro atoms. The first kappa shape index (κ1) is 9.95. The second kappa shape index (κ2) is 4.79. The molecule has 5 heteroatoms. The molecule has 1 aliphatic rings. The average molecular weight is 238 g/mol. The Kier molecular flexibility index (Phi) is 3.97. The molecule has 0 aromatic carbocycles. The molecular weight excluding hydrogens is 226 g/mol. The molecule has 70 valence electrons. The number of halogens is 1. The number of nitrogens with zero attached hydrogens (tertiary/aromatic N) is 1. The smallest absolute Gasteiger partial charge is 0.329 e. The molecule has 12 heavy (non-hydrogen) atoms. The van der Waals surface area contributed by atoms with Gasteiger partial charge >= 0.3 is 5.97 Å². The maximum absolute atomic E-state index is 10.1. The zero-order chi connectivity index (χ0) is 8.97. The lowest BCUT2D eigenvalue weighted by Gasteiger charge is -2.38. The van der Waals surface area contributed by atoms with Gasteiger partial charge in [-0.3, -0.25) is 4.90 Å². The standard InChI is InChI=1S/C7H12BrNO3/c8-1-2-9-3-6(4-9)12-5-7(10)11/h6H,1-5H2,(H,10,11). The van der Waals surface area contributed by atoms with Crippen LogP contribution in [0, 0.1) is 0 Å². The van der Waals surface area contributed by atoms with E-state index >= 15 is 0 Å². The molecule has 1 saturated heterocycles. The van der Waals surface area contributed by atoms with E-state index in [2.05, 4.69) is 20.8 Å². The molecular formula is C7H12BrNO3. The fraction of sp³-hybridized carbons (Fsp3) is 0.857. The van der Waals surface area contributed by atoms with Crippen molar-refractivity contribution in [3.05, 3.63) is 0 Å². The zero-order valence-electron chi connectivity index (χ0n) is 6.70. The van der Waals surface area contributed by atoms with Crippen molar-refractivity contribution in [3.8, 4) is 0 Å². The van der Waals surface area contributed by atoms with Crippen LogP contribution < -0.4 is 0 Å². The Bertz CT molecular complexity index is 159. The van der Waals surface area contributed by atoms with Gasteiger partial charge in [0.25, 0.3) is 0 Å². The molecule has 4 nitrogen and oxygen atoms in total. The van der Waals surface area contributed by atoms with Gasteiger partial charge in [0.1, 0.15) is 6.61 Å². The van der Waals surface area contributed by atoms with Gasteiger partial charge in [-0.05, 0) is 0 Å². The number of hydrogen-bond donors (Lipinski definition) is 1. The SMILES string of the molecule is O=C(O)COC1CN(CCBr)C1. The average Bonchev–Trinajstić information content (AvgIpc) is 1.93. The van der Waals surface area contributed by atoms with Crippen molar-refractivity contribution in [2.75, 3.05) is 31.6 Å². The van der Waals surface area contributed by atoms with Crippen molar-refractivity contribution in [2.24, 2.45) is 0 Å². The second-order valence-corrected chi connectivity index (χ2v) is 3.57. The number of carboxylic acids is 1. The van der Waals surface area contributed by atoms with Crippen LogP contribution in [-0.2, 0) is 9.53 Å². The Morgan fingerprint density at radius 1 is 1.67 bits per heavy atom. The molecule has 0 amide bonds. The topological polar surface area (TPSA) is 49.8 Å². The first-order valence-corrected chi connectivity index (χ1v) is 4.96. The molecule has 0 bridgehead atoms. The van der Waals surface area contributed by atoms with Gasteiger partial charge in [0.15, 0.2) is 0 Å². The molecule has 0 aromatic rings. The Hall–Kier alpha value is -0.130. The molecule has 0 atom stereocenters. The van der Waals surface area contributed by atoms with Crippen molar-refractivity contribution < 1.29 is 14.6 Å². The highest BCUT2D eigenvalue weighted by molar-refractivity contribution is 9.09. The number of alkyl halides is 1. The molecule has 0 aromatic heterocycles. The highest BCUT2D eigenvalue weighted by atomic mass is 79.9. The number of aliphatic carboxylic acids is 1. The number of rotatable bonds is 5. The van der Waals surface area contributed by atoms with Crippen molar-refractivity contribution in [3.63, 3.8) is 0 Å². The maximum atomic E-state index is 10.1. The van der Waals surface area contributed by atoms with Crippen molar-refractivity contribution in [1.29, 1.82) is 0 Å². The molecule has 1 N–H and O–H groups in total. The van der Waals surface area contributed by atoms with Crippen LogP contribution >= 0.6 is 15.9 Å². The van der Waals surface area contributed by atoms with Crippen LogP contribution in [-0.4, -0.2) is 53.7 Å². The second-order valence-electron chi connectivity index (χ2n) is 2.78. The summed E-state index contributed by atoms with van der Waals surface area (Å²) in [4.78, 5) is 12.3. The van der Waals surface area contributed by atoms with Gasteiger partial charge < -0.3 is 9.84 Å². The van der Waals surface area contributed by atoms with Crippen LogP contribution in [0.25, 0.3) is 0 Å². The highest BCUT2D eigenvalue weighted by Gasteiger charge is 2.26. The van der Waals surface area contributed by atoms with E-state index < -0.39 is 5.97 Å². The summed E-state index contributed by atoms with van der Waals surface area (Å²) in [6, 6.07) is 0. The minimum atomic E-state index is -0.894. The Morgan fingerprint density at radius 2 is 2.33 bits per heavy atom. The Balaban J connectivity index is 1.98. The van der Waals surface area contributed by atoms with Gasteiger partial charge in [-0.2, -0.15) is 0 Å². The van der Waals surface area contributed by atoms with Gasteiger partial charge in [0.2, 0.25) is 0 Å². The van der Waals surface area contributed by atoms with Crippen molar-refractivity contribution in [2.45, 2.75) is 6.10 Å². The summed E-state index contributed by atoms with van der Waals surface area (Å²) in [6.07, 6.45) is 0.125. The summed E-state index contributed by atoms with van der Waals surface area (Å²) in [6.45, 7) is 2.55. The quantitative estimate of drug-likeness (QED) is 0.693. The fourth-order valence-corrected chi connectivity index (χ4v) is 1.62. The summed E-state index contributed by atoms with van der Waals surface area (Å²) in [5.41, 5.74) is 0. The number of hydrogen-bond acceptors (Lipinski definition) is 3. The molecule has 0 radical (unpaired) electrons. The van der Waals surface area contributed by atoms with Crippen LogP contribution in [0.4, 0.5) is 0 Å².